The maximum atomic E-state index is 14.1. The van der Waals surface area contributed by atoms with Crippen LogP contribution in [0, 0.1) is 0 Å². The molecule has 5 aromatic carbocycles. The highest BCUT2D eigenvalue weighted by Crippen LogP contribution is 2.57. The number of esters is 1. The van der Waals surface area contributed by atoms with E-state index < -0.39 is 22.8 Å². The number of hydrogen-bond donors (Lipinski definition) is 1. The fraction of sp³-hybridized carbons (Fsp3) is 0.209. The highest BCUT2D eigenvalue weighted by Gasteiger charge is 2.60. The molecule has 260 valence electrons. The predicted molar refractivity (Wildman–Crippen MR) is 199 cm³/mol. The van der Waals surface area contributed by atoms with Gasteiger partial charge in [0.05, 0.1) is 11.1 Å². The second kappa shape index (κ2) is 14.3. The van der Waals surface area contributed by atoms with Crippen molar-refractivity contribution in [1.82, 2.24) is 9.55 Å². The van der Waals surface area contributed by atoms with Crippen molar-refractivity contribution in [1.29, 1.82) is 0 Å². The normalized spacial score (nSPS) is 13.7. The second-order valence-corrected chi connectivity index (χ2v) is 13.3. The quantitative estimate of drug-likeness (QED) is 0.0784. The van der Waals surface area contributed by atoms with Crippen LogP contribution in [0.25, 0.3) is 5.69 Å². The lowest BCUT2D eigenvalue weighted by atomic mass is 9.59. The summed E-state index contributed by atoms with van der Waals surface area (Å²) in [6.07, 6.45) is 1.65. The molecule has 0 bridgehead atoms. The molecule has 0 radical (unpaired) electrons. The minimum Gasteiger partial charge on any atom is -0.429 e. The molecule has 0 spiro atoms. The van der Waals surface area contributed by atoms with Gasteiger partial charge < -0.3 is 9.84 Å². The van der Waals surface area contributed by atoms with Gasteiger partial charge in [-0.25, -0.2) is 9.78 Å². The second-order valence-electron chi connectivity index (χ2n) is 13.3. The highest BCUT2D eigenvalue weighted by molar-refractivity contribution is 5.90. The Balaban J connectivity index is 1.50. The van der Waals surface area contributed by atoms with E-state index in [0.29, 0.717) is 17.9 Å². The summed E-state index contributed by atoms with van der Waals surface area (Å²) in [7, 11) is 0. The van der Waals surface area contributed by atoms with E-state index in [-0.39, 0.29) is 12.1 Å². The Hall–Kier alpha value is -6.06. The third-order valence-corrected chi connectivity index (χ3v) is 9.36. The number of ether oxygens (including phenoxy) is 1. The first-order chi connectivity index (χ1) is 25.3. The van der Waals surface area contributed by atoms with Crippen LogP contribution in [-0.4, -0.2) is 26.4 Å². The van der Waals surface area contributed by atoms with Gasteiger partial charge in [-0.3, -0.25) is 4.57 Å². The van der Waals surface area contributed by atoms with Crippen LogP contribution in [-0.2, 0) is 28.7 Å². The fourth-order valence-corrected chi connectivity index (χ4v) is 7.38. The number of hydrogen-bond acceptors (Lipinski definition) is 8. The molecule has 1 aliphatic rings. The lowest BCUT2D eigenvalue weighted by Gasteiger charge is -2.45. The maximum Gasteiger partial charge on any atom is 0.359 e. The van der Waals surface area contributed by atoms with E-state index in [1.807, 2.05) is 114 Å². The summed E-state index contributed by atoms with van der Waals surface area (Å²) in [5.41, 5.74) is 3.52. The van der Waals surface area contributed by atoms with Gasteiger partial charge >= 0.3 is 5.97 Å². The number of aryl methyl sites for hydroxylation is 1. The van der Waals surface area contributed by atoms with Crippen LogP contribution in [0.2, 0.25) is 0 Å². The largest absolute Gasteiger partial charge is 0.429 e. The summed E-state index contributed by atoms with van der Waals surface area (Å²) in [5.74, 6) is -1.68. The third kappa shape index (κ3) is 6.13. The number of imidazole rings is 1. The van der Waals surface area contributed by atoms with E-state index in [4.69, 9.17) is 19.9 Å². The van der Waals surface area contributed by atoms with Gasteiger partial charge in [-0.05, 0) is 51.3 Å². The number of rotatable bonds is 12. The van der Waals surface area contributed by atoms with Gasteiger partial charge in [0.25, 0.3) is 0 Å². The Bertz CT molecular complexity index is 2100. The number of benzene rings is 5. The first kappa shape index (κ1) is 34.4. The molecule has 1 N–H and O–H groups in total. The van der Waals surface area contributed by atoms with Crippen molar-refractivity contribution in [3.05, 3.63) is 191 Å². The van der Waals surface area contributed by atoms with Crippen LogP contribution in [0.5, 0.6) is 0 Å². The monoisotopic (exact) mass is 688 g/mol. The van der Waals surface area contributed by atoms with Gasteiger partial charge in [0.15, 0.2) is 5.69 Å². The minimum atomic E-state index is -1.71. The minimum absolute atomic E-state index is 0.226. The van der Waals surface area contributed by atoms with Crippen LogP contribution in [0.15, 0.2) is 166 Å². The molecule has 2 heterocycles. The average Bonchev–Trinajstić information content (AvgIpc) is 3.80. The predicted octanol–water partition coefficient (Wildman–Crippen LogP) is 9.32. The summed E-state index contributed by atoms with van der Waals surface area (Å²) in [5, 5.41) is 29.1. The van der Waals surface area contributed by atoms with Gasteiger partial charge in [-0.1, -0.05) is 140 Å². The Morgan fingerprint density at radius 3 is 1.69 bits per heavy atom. The van der Waals surface area contributed by atoms with E-state index in [2.05, 4.69) is 53.8 Å². The highest BCUT2D eigenvalue weighted by atomic mass is 16.7. The molecule has 0 unspecified atom stereocenters. The first-order valence-corrected chi connectivity index (χ1v) is 17.5. The molecule has 0 fully saturated rings. The topological polar surface area (TPSA) is 114 Å². The van der Waals surface area contributed by atoms with Crippen molar-refractivity contribution in [3.8, 4) is 5.69 Å². The van der Waals surface area contributed by atoms with Crippen molar-refractivity contribution in [2.45, 2.75) is 56.9 Å². The van der Waals surface area contributed by atoms with Crippen LogP contribution in [0.3, 0.4) is 0 Å². The Morgan fingerprint density at radius 2 is 1.19 bits per heavy atom. The van der Waals surface area contributed by atoms with Crippen molar-refractivity contribution in [3.63, 3.8) is 0 Å². The third-order valence-electron chi connectivity index (χ3n) is 9.36. The first-order valence-electron chi connectivity index (χ1n) is 17.5. The number of nitrogens with zero attached hydrogens (tertiary/aromatic N) is 6. The lowest BCUT2D eigenvalue weighted by Crippen LogP contribution is -2.48. The van der Waals surface area contributed by atoms with Gasteiger partial charge in [0.1, 0.15) is 5.82 Å². The smallest absolute Gasteiger partial charge is 0.359 e. The number of aromatic nitrogens is 2. The zero-order valence-corrected chi connectivity index (χ0v) is 29.4. The molecule has 0 aliphatic carbocycles. The number of carbonyl (C=O) groups excluding carboxylic acids is 1. The molecule has 7 rings (SSSR count). The van der Waals surface area contributed by atoms with Gasteiger partial charge in [0.2, 0.25) is 11.4 Å². The molecule has 52 heavy (non-hydrogen) atoms. The average molecular weight is 689 g/mol. The van der Waals surface area contributed by atoms with E-state index >= 15 is 0 Å². The van der Waals surface area contributed by atoms with E-state index in [1.165, 1.54) is 13.8 Å². The lowest BCUT2D eigenvalue weighted by molar-refractivity contribution is -0.136. The molecule has 0 atom stereocenters. The van der Waals surface area contributed by atoms with Crippen LogP contribution in [0.1, 0.15) is 77.0 Å². The Morgan fingerprint density at radius 1 is 0.712 bits per heavy atom. The molecule has 1 aliphatic heterocycles. The summed E-state index contributed by atoms with van der Waals surface area (Å²) < 4.78 is 7.47. The molecule has 0 saturated heterocycles. The van der Waals surface area contributed by atoms with Crippen LogP contribution >= 0.6 is 0 Å². The summed E-state index contributed by atoms with van der Waals surface area (Å²) in [6, 6.07) is 48.2. The molecule has 9 nitrogen and oxygen atoms in total. The van der Waals surface area contributed by atoms with Crippen LogP contribution in [0.4, 0.5) is 0 Å². The molecule has 0 amide bonds. The number of carbonyl (C=O) groups is 1. The number of aliphatic hydroxyl groups is 1. The van der Waals surface area contributed by atoms with Crippen molar-refractivity contribution >= 4 is 5.97 Å². The van der Waals surface area contributed by atoms with Gasteiger partial charge in [-0.2, -0.15) is 0 Å². The molecule has 6 aromatic rings. The zero-order valence-electron chi connectivity index (χ0n) is 29.4. The Kier molecular flexibility index (Phi) is 9.45. The molecule has 0 saturated carbocycles. The Labute approximate surface area is 303 Å². The van der Waals surface area contributed by atoms with Crippen molar-refractivity contribution in [2.75, 3.05) is 0 Å². The van der Waals surface area contributed by atoms with E-state index in [0.717, 1.165) is 39.9 Å². The maximum absolute atomic E-state index is 14.1. The summed E-state index contributed by atoms with van der Waals surface area (Å²) in [6.45, 7) is 4.95. The van der Waals surface area contributed by atoms with Crippen molar-refractivity contribution in [2.24, 2.45) is 20.7 Å². The number of para-hydroxylation sites is 1. The van der Waals surface area contributed by atoms with Crippen LogP contribution < -0.4 is 0 Å². The molecule has 9 heteroatoms. The van der Waals surface area contributed by atoms with Gasteiger partial charge in [-0.15, -0.1) is 10.2 Å². The van der Waals surface area contributed by atoms with E-state index in [1.54, 1.807) is 0 Å². The van der Waals surface area contributed by atoms with E-state index in [9.17, 15) is 9.90 Å². The van der Waals surface area contributed by atoms with Crippen molar-refractivity contribution < 1.29 is 14.6 Å². The summed E-state index contributed by atoms with van der Waals surface area (Å²) >= 11 is 0. The SMILES string of the molecule is CCCc1nc(Cc2ccccc2C2(C(c3ccccc3)(c3ccccc3)c3ccccc3)N=NN=N2)c(C(=O)OC(C)(C)O)n1-c1ccccc1. The summed E-state index contributed by atoms with van der Waals surface area (Å²) in [4.78, 5) is 19.2. The molecule has 1 aromatic heterocycles. The van der Waals surface area contributed by atoms with Gasteiger partial charge in [0, 0.05) is 37.9 Å². The standard InChI is InChI=1S/C43H40N6O3/c1-4-19-38-44-37(39(40(50)52-41(2,3)51)49(38)35-27-15-8-16-28-35)30-31-20-17-18-29-36(31)43(45-47-48-46-43)42(32-21-9-5-10-22-32,33-23-11-6-12-24-33)34-25-13-7-14-26-34/h5-18,20-29,51H,4,19,30H2,1-3H3. The molecular weight excluding hydrogens is 649 g/mol. The zero-order chi connectivity index (χ0) is 36.2. The molecular formula is C43H40N6O3. The fourth-order valence-electron chi connectivity index (χ4n) is 7.38.